The van der Waals surface area contributed by atoms with E-state index in [1.165, 1.54) is 0 Å². The number of pyridine rings is 1. The molecular weight excluding hydrogens is 364 g/mol. The second-order valence-corrected chi connectivity index (χ2v) is 4.03. The highest BCUT2D eigenvalue weighted by Crippen LogP contribution is 2.34. The van der Waals surface area contributed by atoms with Crippen molar-refractivity contribution in [2.45, 2.75) is 18.1 Å². The topological polar surface area (TPSA) is 39.2 Å². The van der Waals surface area contributed by atoms with Gasteiger partial charge in [0, 0.05) is 17.0 Å². The van der Waals surface area contributed by atoms with E-state index in [2.05, 4.69) is 25.7 Å². The van der Waals surface area contributed by atoms with Gasteiger partial charge in [0.05, 0.1) is 0 Å². The van der Waals surface area contributed by atoms with Gasteiger partial charge in [0.15, 0.2) is 0 Å². The van der Waals surface area contributed by atoms with Crippen LogP contribution in [0.1, 0.15) is 28.2 Å². The lowest BCUT2D eigenvalue weighted by atomic mass is 10.1. The van der Waals surface area contributed by atoms with Gasteiger partial charge in [-0.2, -0.15) is 0 Å². The van der Waals surface area contributed by atoms with Crippen molar-refractivity contribution in [1.29, 1.82) is 0 Å². The summed E-state index contributed by atoms with van der Waals surface area (Å²) in [5.74, 6) is -0.946. The van der Waals surface area contributed by atoms with E-state index in [-0.39, 0.29) is 5.33 Å². The van der Waals surface area contributed by atoms with Crippen molar-refractivity contribution >= 4 is 32.8 Å². The van der Waals surface area contributed by atoms with Crippen LogP contribution >= 0.6 is 27.5 Å². The fraction of sp³-hybridized carbons (Fsp3) is 0.333. The third kappa shape index (κ3) is 4.27. The van der Waals surface area contributed by atoms with Crippen molar-refractivity contribution in [2.75, 3.05) is 0 Å². The summed E-state index contributed by atoms with van der Waals surface area (Å²) < 4.78 is 65.5. The van der Waals surface area contributed by atoms with E-state index in [9.17, 15) is 26.7 Å². The van der Waals surface area contributed by atoms with Crippen LogP contribution in [0.3, 0.4) is 0 Å². The fourth-order valence-corrected chi connectivity index (χ4v) is 1.86. The SMILES string of the molecule is O=C(Cl)c1cc(OC(F)(F)F)c(CBr)c(C(F)F)n1. The minimum absolute atomic E-state index is 0.359. The first-order valence-corrected chi connectivity index (χ1v) is 5.99. The van der Waals surface area contributed by atoms with Crippen molar-refractivity contribution in [3.63, 3.8) is 0 Å². The van der Waals surface area contributed by atoms with Gasteiger partial charge in [0.2, 0.25) is 0 Å². The minimum atomic E-state index is -5.09. The predicted octanol–water partition coefficient (Wildman–Crippen LogP) is 4.19. The molecule has 1 aromatic heterocycles. The Kier molecular flexibility index (Phi) is 5.08. The number of hydrogen-bond acceptors (Lipinski definition) is 3. The Morgan fingerprint density at radius 1 is 1.47 bits per heavy atom. The molecule has 0 aliphatic rings. The molecule has 0 saturated carbocycles. The molecule has 106 valence electrons. The second kappa shape index (κ2) is 6.00. The number of rotatable bonds is 4. The minimum Gasteiger partial charge on any atom is -0.405 e. The van der Waals surface area contributed by atoms with Crippen molar-refractivity contribution in [3.8, 4) is 5.75 Å². The zero-order valence-electron chi connectivity index (χ0n) is 8.77. The molecule has 1 heterocycles. The van der Waals surface area contributed by atoms with E-state index in [0.29, 0.717) is 6.07 Å². The number of carbonyl (C=O) groups excluding carboxylic acids is 1. The zero-order valence-corrected chi connectivity index (χ0v) is 11.1. The number of carbonyl (C=O) groups is 1. The average molecular weight is 368 g/mol. The maximum absolute atomic E-state index is 12.7. The molecule has 0 atom stereocenters. The van der Waals surface area contributed by atoms with Gasteiger partial charge in [0.1, 0.15) is 17.1 Å². The van der Waals surface area contributed by atoms with Gasteiger partial charge in [-0.1, -0.05) is 15.9 Å². The van der Waals surface area contributed by atoms with Crippen LogP contribution in [0, 0.1) is 0 Å². The van der Waals surface area contributed by atoms with Crippen molar-refractivity contribution in [2.24, 2.45) is 0 Å². The summed E-state index contributed by atoms with van der Waals surface area (Å²) in [6, 6.07) is 0.561. The molecule has 0 N–H and O–H groups in total. The molecule has 10 heteroatoms. The summed E-state index contributed by atoms with van der Waals surface area (Å²) in [4.78, 5) is 14.1. The smallest absolute Gasteiger partial charge is 0.405 e. The lowest BCUT2D eigenvalue weighted by molar-refractivity contribution is -0.274. The largest absolute Gasteiger partial charge is 0.573 e. The normalized spacial score (nSPS) is 11.8. The van der Waals surface area contributed by atoms with Crippen LogP contribution in [0.5, 0.6) is 5.75 Å². The fourth-order valence-electron chi connectivity index (χ4n) is 1.20. The van der Waals surface area contributed by atoms with E-state index >= 15 is 0 Å². The Bertz CT molecular complexity index is 494. The van der Waals surface area contributed by atoms with Crippen LogP contribution < -0.4 is 4.74 Å². The molecule has 19 heavy (non-hydrogen) atoms. The van der Waals surface area contributed by atoms with Gasteiger partial charge in [-0.25, -0.2) is 13.8 Å². The number of aromatic nitrogens is 1. The maximum atomic E-state index is 12.7. The summed E-state index contributed by atoms with van der Waals surface area (Å²) in [5.41, 5.74) is -2.25. The molecule has 0 saturated heterocycles. The molecule has 0 unspecified atom stereocenters. The first-order valence-electron chi connectivity index (χ1n) is 4.49. The Balaban J connectivity index is 3.44. The van der Waals surface area contributed by atoms with E-state index in [0.717, 1.165) is 0 Å². The Morgan fingerprint density at radius 3 is 2.42 bits per heavy atom. The summed E-state index contributed by atoms with van der Waals surface area (Å²) in [6.07, 6.45) is -8.27. The molecule has 0 aliphatic heterocycles. The zero-order chi connectivity index (χ0) is 14.8. The number of alkyl halides is 6. The predicted molar refractivity (Wildman–Crippen MR) is 58.7 cm³/mol. The third-order valence-corrected chi connectivity index (χ3v) is 2.64. The second-order valence-electron chi connectivity index (χ2n) is 3.13. The summed E-state index contributed by atoms with van der Waals surface area (Å²) in [6.45, 7) is 0. The Morgan fingerprint density at radius 2 is 2.05 bits per heavy atom. The Hall–Kier alpha value is -0.960. The molecule has 3 nitrogen and oxygen atoms in total. The molecule has 0 aliphatic carbocycles. The van der Waals surface area contributed by atoms with Crippen LogP contribution in [0.4, 0.5) is 22.0 Å². The molecular formula is C9H4BrClF5NO2. The van der Waals surface area contributed by atoms with Gasteiger partial charge in [-0.15, -0.1) is 13.2 Å². The van der Waals surface area contributed by atoms with Gasteiger partial charge in [0.25, 0.3) is 11.7 Å². The highest BCUT2D eigenvalue weighted by atomic mass is 79.9. The molecule has 0 spiro atoms. The molecule has 1 aromatic rings. The van der Waals surface area contributed by atoms with Crippen LogP contribution in [-0.2, 0) is 5.33 Å². The number of halogens is 7. The third-order valence-electron chi connectivity index (χ3n) is 1.88. The summed E-state index contributed by atoms with van der Waals surface area (Å²) >= 11 is 7.78. The number of nitrogens with zero attached hydrogens (tertiary/aromatic N) is 1. The van der Waals surface area contributed by atoms with Crippen molar-refractivity contribution in [1.82, 2.24) is 4.98 Å². The molecule has 0 aromatic carbocycles. The highest BCUT2D eigenvalue weighted by molar-refractivity contribution is 9.08. The van der Waals surface area contributed by atoms with Crippen LogP contribution in [-0.4, -0.2) is 16.6 Å². The van der Waals surface area contributed by atoms with E-state index < -0.39 is 40.7 Å². The lowest BCUT2D eigenvalue weighted by Gasteiger charge is -2.15. The number of ether oxygens (including phenoxy) is 1. The van der Waals surface area contributed by atoms with Crippen LogP contribution in [0.2, 0.25) is 0 Å². The van der Waals surface area contributed by atoms with E-state index in [1.54, 1.807) is 0 Å². The molecule has 0 bridgehead atoms. The van der Waals surface area contributed by atoms with E-state index in [1.807, 2.05) is 0 Å². The van der Waals surface area contributed by atoms with Gasteiger partial charge < -0.3 is 4.74 Å². The molecule has 1 rings (SSSR count). The van der Waals surface area contributed by atoms with Gasteiger partial charge in [-0.05, 0) is 11.6 Å². The monoisotopic (exact) mass is 367 g/mol. The molecule has 0 amide bonds. The Labute approximate surface area is 116 Å². The highest BCUT2D eigenvalue weighted by Gasteiger charge is 2.34. The van der Waals surface area contributed by atoms with Gasteiger partial charge >= 0.3 is 6.36 Å². The van der Waals surface area contributed by atoms with Crippen LogP contribution in [0.25, 0.3) is 0 Å². The van der Waals surface area contributed by atoms with Crippen molar-refractivity contribution in [3.05, 3.63) is 23.0 Å². The van der Waals surface area contributed by atoms with Gasteiger partial charge in [-0.3, -0.25) is 4.79 Å². The summed E-state index contributed by atoms with van der Waals surface area (Å²) in [7, 11) is 0. The lowest BCUT2D eigenvalue weighted by Crippen LogP contribution is -2.19. The first-order chi connectivity index (χ1) is 8.65. The molecule has 0 fully saturated rings. The number of hydrogen-bond donors (Lipinski definition) is 0. The van der Waals surface area contributed by atoms with Crippen molar-refractivity contribution < 1.29 is 31.5 Å². The average Bonchev–Trinajstić information content (AvgIpc) is 2.25. The van der Waals surface area contributed by atoms with Crippen LogP contribution in [0.15, 0.2) is 6.07 Å². The first kappa shape index (κ1) is 16.1. The summed E-state index contributed by atoms with van der Waals surface area (Å²) in [5, 5.41) is -1.63. The molecule has 0 radical (unpaired) electrons. The standard InChI is InChI=1S/C9H4BrClF5NO2/c10-2-3-5(19-9(14,15)16)1-4(7(11)18)17-6(3)8(12)13/h1,8H,2H2. The quantitative estimate of drug-likeness (QED) is 0.454. The van der Waals surface area contributed by atoms with E-state index in [4.69, 9.17) is 11.6 Å². The maximum Gasteiger partial charge on any atom is 0.573 e.